The van der Waals surface area contributed by atoms with Crippen molar-refractivity contribution in [3.05, 3.63) is 88.4 Å². The van der Waals surface area contributed by atoms with E-state index >= 15 is 0 Å². The number of aryl methyl sites for hydroxylation is 1. The molecular weight excluding hydrogens is 448 g/mol. The quantitative estimate of drug-likeness (QED) is 0.496. The third-order valence-electron chi connectivity index (χ3n) is 5.44. The van der Waals surface area contributed by atoms with Crippen molar-refractivity contribution in [1.82, 2.24) is 4.41 Å². The van der Waals surface area contributed by atoms with Gasteiger partial charge in [0.1, 0.15) is 0 Å². The van der Waals surface area contributed by atoms with Crippen molar-refractivity contribution in [2.75, 3.05) is 14.2 Å². The summed E-state index contributed by atoms with van der Waals surface area (Å²) >= 11 is 6.22. The zero-order chi connectivity index (χ0) is 22.9. The van der Waals surface area contributed by atoms with Gasteiger partial charge in [0.25, 0.3) is 10.0 Å². The zero-order valence-corrected chi connectivity index (χ0v) is 19.5. The average molecular weight is 471 g/mol. The zero-order valence-electron chi connectivity index (χ0n) is 17.9. The number of hydrazone groups is 1. The van der Waals surface area contributed by atoms with Crippen LogP contribution >= 0.6 is 11.6 Å². The molecule has 3 aromatic carbocycles. The van der Waals surface area contributed by atoms with E-state index in [0.29, 0.717) is 34.2 Å². The van der Waals surface area contributed by atoms with Crippen LogP contribution in [0.1, 0.15) is 29.2 Å². The minimum Gasteiger partial charge on any atom is -0.493 e. The van der Waals surface area contributed by atoms with Crippen molar-refractivity contribution in [3.8, 4) is 11.5 Å². The van der Waals surface area contributed by atoms with E-state index in [1.807, 2.05) is 24.3 Å². The standard InChI is InChI=1S/C24H23ClN2O4S/c1-16-7-4-5-10-24(16)32(28,29)27-21(18-8-6-9-19(25)13-18)15-20(26-27)17-11-12-22(30-2)23(14-17)31-3/h4-14,21H,15H2,1-3H3. The second-order valence-electron chi connectivity index (χ2n) is 7.43. The van der Waals surface area contributed by atoms with E-state index in [1.165, 1.54) is 4.41 Å². The molecule has 0 spiro atoms. The van der Waals surface area contributed by atoms with Crippen LogP contribution in [-0.2, 0) is 10.0 Å². The normalized spacial score (nSPS) is 16.1. The number of halogens is 1. The summed E-state index contributed by atoms with van der Waals surface area (Å²) in [6, 6.07) is 19.0. The van der Waals surface area contributed by atoms with Crippen LogP contribution in [0, 0.1) is 6.92 Å². The highest BCUT2D eigenvalue weighted by molar-refractivity contribution is 7.89. The number of rotatable bonds is 6. The Bertz CT molecular complexity index is 1290. The lowest BCUT2D eigenvalue weighted by molar-refractivity contribution is 0.355. The first-order chi connectivity index (χ1) is 15.3. The summed E-state index contributed by atoms with van der Waals surface area (Å²) in [5, 5.41) is 5.13. The van der Waals surface area contributed by atoms with Crippen LogP contribution in [0.25, 0.3) is 0 Å². The minimum absolute atomic E-state index is 0.226. The molecule has 6 nitrogen and oxygen atoms in total. The lowest BCUT2D eigenvalue weighted by Gasteiger charge is -2.24. The second-order valence-corrected chi connectivity index (χ2v) is 9.63. The largest absolute Gasteiger partial charge is 0.493 e. The average Bonchev–Trinajstić information content (AvgIpc) is 3.25. The molecule has 1 aliphatic rings. The van der Waals surface area contributed by atoms with Crippen molar-refractivity contribution in [2.24, 2.45) is 5.10 Å². The Morgan fingerprint density at radius 1 is 0.969 bits per heavy atom. The Kier molecular flexibility index (Phi) is 6.13. The van der Waals surface area contributed by atoms with Gasteiger partial charge in [0.15, 0.2) is 11.5 Å². The van der Waals surface area contributed by atoms with E-state index in [4.69, 9.17) is 21.1 Å². The van der Waals surface area contributed by atoms with E-state index in [9.17, 15) is 8.42 Å². The summed E-state index contributed by atoms with van der Waals surface area (Å²) in [6.45, 7) is 1.77. The molecule has 0 radical (unpaired) electrons. The molecule has 1 atom stereocenters. The molecule has 1 heterocycles. The van der Waals surface area contributed by atoms with Gasteiger partial charge in [0.05, 0.1) is 30.9 Å². The van der Waals surface area contributed by atoms with Gasteiger partial charge in [0, 0.05) is 17.0 Å². The molecule has 1 unspecified atom stereocenters. The fraction of sp³-hybridized carbons (Fsp3) is 0.208. The molecule has 0 saturated heterocycles. The van der Waals surface area contributed by atoms with Crippen LogP contribution in [0.4, 0.5) is 0 Å². The summed E-state index contributed by atoms with van der Waals surface area (Å²) in [7, 11) is -0.779. The molecule has 8 heteroatoms. The number of methoxy groups -OCH3 is 2. The van der Waals surface area contributed by atoms with E-state index in [0.717, 1.165) is 11.1 Å². The monoisotopic (exact) mass is 470 g/mol. The van der Waals surface area contributed by atoms with Crippen LogP contribution in [-0.4, -0.2) is 32.8 Å². The maximum atomic E-state index is 13.7. The van der Waals surface area contributed by atoms with Crippen LogP contribution in [0.2, 0.25) is 5.02 Å². The first-order valence-corrected chi connectivity index (χ1v) is 11.8. The van der Waals surface area contributed by atoms with Crippen molar-refractivity contribution in [3.63, 3.8) is 0 Å². The minimum atomic E-state index is -3.90. The van der Waals surface area contributed by atoms with Crippen LogP contribution in [0.5, 0.6) is 11.5 Å². The molecule has 0 aromatic heterocycles. The molecule has 0 bridgehead atoms. The number of nitrogens with zero attached hydrogens (tertiary/aromatic N) is 2. The highest BCUT2D eigenvalue weighted by Gasteiger charge is 2.38. The van der Waals surface area contributed by atoms with Crippen LogP contribution < -0.4 is 9.47 Å². The Hall–Kier alpha value is -3.03. The van der Waals surface area contributed by atoms with Gasteiger partial charge < -0.3 is 9.47 Å². The highest BCUT2D eigenvalue weighted by atomic mass is 35.5. The summed E-state index contributed by atoms with van der Waals surface area (Å²) in [6.07, 6.45) is 0.390. The lowest BCUT2D eigenvalue weighted by atomic mass is 9.99. The number of hydrogen-bond donors (Lipinski definition) is 0. The van der Waals surface area contributed by atoms with Gasteiger partial charge in [-0.25, -0.2) is 0 Å². The Morgan fingerprint density at radius 2 is 1.72 bits per heavy atom. The van der Waals surface area contributed by atoms with Gasteiger partial charge in [-0.2, -0.15) is 17.9 Å². The molecule has 0 amide bonds. The third-order valence-corrected chi connectivity index (χ3v) is 7.52. The summed E-state index contributed by atoms with van der Waals surface area (Å²) in [5.41, 5.74) is 2.83. The molecule has 0 saturated carbocycles. The summed E-state index contributed by atoms with van der Waals surface area (Å²) in [4.78, 5) is 0.226. The van der Waals surface area contributed by atoms with Crippen LogP contribution in [0.3, 0.4) is 0 Å². The fourth-order valence-electron chi connectivity index (χ4n) is 3.81. The van der Waals surface area contributed by atoms with Crippen molar-refractivity contribution in [1.29, 1.82) is 0 Å². The van der Waals surface area contributed by atoms with Crippen molar-refractivity contribution in [2.45, 2.75) is 24.3 Å². The molecule has 4 rings (SSSR count). The molecule has 1 aliphatic heterocycles. The maximum absolute atomic E-state index is 13.7. The van der Waals surface area contributed by atoms with E-state index in [2.05, 4.69) is 5.10 Å². The van der Waals surface area contributed by atoms with Crippen molar-refractivity contribution >= 4 is 27.3 Å². The number of hydrogen-bond acceptors (Lipinski definition) is 5. The summed E-state index contributed by atoms with van der Waals surface area (Å²) < 4.78 is 39.3. The van der Waals surface area contributed by atoms with Crippen LogP contribution in [0.15, 0.2) is 76.7 Å². The molecule has 166 valence electrons. The number of benzene rings is 3. The third kappa shape index (κ3) is 4.06. The summed E-state index contributed by atoms with van der Waals surface area (Å²) in [5.74, 6) is 1.14. The van der Waals surface area contributed by atoms with Gasteiger partial charge in [-0.1, -0.05) is 41.9 Å². The van der Waals surface area contributed by atoms with E-state index in [-0.39, 0.29) is 4.90 Å². The first-order valence-electron chi connectivity index (χ1n) is 10.0. The van der Waals surface area contributed by atoms with E-state index in [1.54, 1.807) is 63.6 Å². The van der Waals surface area contributed by atoms with Gasteiger partial charge in [0.2, 0.25) is 0 Å². The second kappa shape index (κ2) is 8.84. The Balaban J connectivity index is 1.83. The molecule has 3 aromatic rings. The smallest absolute Gasteiger partial charge is 0.279 e. The maximum Gasteiger partial charge on any atom is 0.279 e. The predicted molar refractivity (Wildman–Crippen MR) is 125 cm³/mol. The molecule has 0 fully saturated rings. The first kappa shape index (κ1) is 22.2. The Morgan fingerprint density at radius 3 is 2.41 bits per heavy atom. The molecule has 0 N–H and O–H groups in total. The van der Waals surface area contributed by atoms with Gasteiger partial charge in [-0.3, -0.25) is 0 Å². The van der Waals surface area contributed by atoms with Gasteiger partial charge in [-0.05, 0) is 54.4 Å². The SMILES string of the molecule is COc1ccc(C2=NN(S(=O)(=O)c3ccccc3C)C(c3cccc(Cl)c3)C2)cc1OC. The molecular formula is C24H23ClN2O4S. The van der Waals surface area contributed by atoms with Crippen molar-refractivity contribution < 1.29 is 17.9 Å². The highest BCUT2D eigenvalue weighted by Crippen LogP contribution is 2.39. The lowest BCUT2D eigenvalue weighted by Crippen LogP contribution is -2.27. The van der Waals surface area contributed by atoms with E-state index < -0.39 is 16.1 Å². The van der Waals surface area contributed by atoms with Gasteiger partial charge >= 0.3 is 0 Å². The molecule has 0 aliphatic carbocycles. The fourth-order valence-corrected chi connectivity index (χ4v) is 5.67. The predicted octanol–water partition coefficient (Wildman–Crippen LogP) is 5.21. The molecule has 32 heavy (non-hydrogen) atoms. The number of sulfonamides is 1. The Labute approximate surface area is 193 Å². The topological polar surface area (TPSA) is 68.2 Å². The number of ether oxygens (including phenoxy) is 2. The van der Waals surface area contributed by atoms with Gasteiger partial charge in [-0.15, -0.1) is 0 Å².